The number of rotatable bonds is 2. The molecule has 0 saturated heterocycles. The van der Waals surface area contributed by atoms with Gasteiger partial charge in [0.15, 0.2) is 11.4 Å². The third-order valence-electron chi connectivity index (χ3n) is 3.32. The van der Waals surface area contributed by atoms with Gasteiger partial charge in [-0.05, 0) is 32.9 Å². The molecule has 0 unspecified atom stereocenters. The van der Waals surface area contributed by atoms with E-state index in [1.54, 1.807) is 20.8 Å². The molecule has 1 heterocycles. The largest absolute Gasteiger partial charge is 0.434 e. The number of hydrogen-bond donors (Lipinski definition) is 1. The number of carbonyl (C=O) groups is 1. The number of halogens is 8. The third-order valence-corrected chi connectivity index (χ3v) is 3.90. The summed E-state index contributed by atoms with van der Waals surface area (Å²) in [6.45, 7) is 4.66. The second-order valence-corrected chi connectivity index (χ2v) is 7.61. The predicted octanol–water partition coefficient (Wildman–Crippen LogP) is 5.75. The lowest BCUT2D eigenvalue weighted by Crippen LogP contribution is -2.41. The molecule has 0 aliphatic rings. The minimum Gasteiger partial charge on any atom is -0.346 e. The molecule has 4 nitrogen and oxygen atoms in total. The Bertz CT molecular complexity index is 890. The first kappa shape index (κ1) is 22.4. The fourth-order valence-corrected chi connectivity index (χ4v) is 2.98. The van der Waals surface area contributed by atoms with Gasteiger partial charge in [-0.2, -0.15) is 26.3 Å². The topological polar surface area (TPSA) is 46.9 Å². The molecule has 12 heteroatoms. The van der Waals surface area contributed by atoms with Gasteiger partial charge >= 0.3 is 12.4 Å². The van der Waals surface area contributed by atoms with E-state index in [1.165, 1.54) is 0 Å². The Morgan fingerprint density at radius 3 is 1.89 bits per heavy atom. The summed E-state index contributed by atoms with van der Waals surface area (Å²) in [5.74, 6) is -1.11. The molecule has 1 aromatic carbocycles. The number of imidazole rings is 1. The number of aromatic nitrogens is 2. The molecule has 154 valence electrons. The predicted molar refractivity (Wildman–Crippen MR) is 90.8 cm³/mol. The van der Waals surface area contributed by atoms with Crippen molar-refractivity contribution in [2.45, 2.75) is 38.7 Å². The van der Waals surface area contributed by atoms with Gasteiger partial charge in [-0.25, -0.2) is 4.98 Å². The van der Waals surface area contributed by atoms with Crippen molar-refractivity contribution in [3.63, 3.8) is 0 Å². The molecule has 0 atom stereocenters. The van der Waals surface area contributed by atoms with Gasteiger partial charge < -0.3 is 5.32 Å². The lowest BCUT2D eigenvalue weighted by Gasteiger charge is -2.21. The van der Waals surface area contributed by atoms with Gasteiger partial charge in [0.25, 0.3) is 5.91 Å². The fourth-order valence-electron chi connectivity index (χ4n) is 2.31. The van der Waals surface area contributed by atoms with E-state index in [4.69, 9.17) is 23.2 Å². The maximum atomic E-state index is 13.6. The number of amides is 1. The highest BCUT2D eigenvalue weighted by atomic mass is 35.5. The normalized spacial score (nSPS) is 13.0. The number of hydrogen-bond acceptors (Lipinski definition) is 2. The van der Waals surface area contributed by atoms with E-state index in [9.17, 15) is 31.1 Å². The first-order valence-electron chi connectivity index (χ1n) is 7.56. The van der Waals surface area contributed by atoms with E-state index >= 15 is 0 Å². The lowest BCUT2D eigenvalue weighted by atomic mass is 10.1. The van der Waals surface area contributed by atoms with Gasteiger partial charge in [-0.15, -0.1) is 0 Å². The molecule has 28 heavy (non-hydrogen) atoms. The molecule has 0 spiro atoms. The summed E-state index contributed by atoms with van der Waals surface area (Å²) in [6, 6.07) is 0.885. The molecular formula is C16H13Cl2F6N3O. The molecule has 0 aliphatic heterocycles. The first-order chi connectivity index (χ1) is 12.5. The van der Waals surface area contributed by atoms with Crippen LogP contribution in [0.2, 0.25) is 10.0 Å². The van der Waals surface area contributed by atoms with Crippen LogP contribution in [-0.2, 0) is 12.4 Å². The summed E-state index contributed by atoms with van der Waals surface area (Å²) in [6.07, 6.45) is -9.25. The number of carbonyl (C=O) groups excluding carboxylic acids is 1. The maximum Gasteiger partial charge on any atom is 0.434 e. The van der Waals surface area contributed by atoms with Gasteiger partial charge in [0, 0.05) is 5.54 Å². The van der Waals surface area contributed by atoms with Crippen LogP contribution in [0.3, 0.4) is 0 Å². The van der Waals surface area contributed by atoms with Gasteiger partial charge in [0.1, 0.15) is 6.33 Å². The van der Waals surface area contributed by atoms with E-state index in [0.717, 1.165) is 0 Å². The number of nitrogens with one attached hydrogen (secondary N) is 1. The summed E-state index contributed by atoms with van der Waals surface area (Å²) in [7, 11) is 0. The highest BCUT2D eigenvalue weighted by Gasteiger charge is 2.42. The second-order valence-electron chi connectivity index (χ2n) is 6.80. The molecule has 2 rings (SSSR count). The quantitative estimate of drug-likeness (QED) is 0.596. The van der Waals surface area contributed by atoms with Crippen LogP contribution in [0.15, 0.2) is 18.5 Å². The Morgan fingerprint density at radius 1 is 1.00 bits per heavy atom. The average molecular weight is 448 g/mol. The standard InChI is InChI=1S/C16H13Cl2F6N3O/c1-14(2,3)26-13(28)10-12(16(22,23)24)27(6-25-10)11-8(17)4-7(5-9(11)18)15(19,20)21/h4-6H,1-3H3,(H,26,28). The Kier molecular flexibility index (Phi) is 5.70. The second kappa shape index (κ2) is 7.14. The SMILES string of the molecule is CC(C)(C)NC(=O)c1ncn(-c2c(Cl)cc(C(F)(F)F)cc2Cl)c1C(F)(F)F. The summed E-state index contributed by atoms with van der Waals surface area (Å²) in [4.78, 5) is 15.7. The Morgan fingerprint density at radius 2 is 1.50 bits per heavy atom. The molecule has 0 saturated carbocycles. The van der Waals surface area contributed by atoms with Gasteiger partial charge in [-0.1, -0.05) is 23.2 Å². The molecule has 0 aliphatic carbocycles. The van der Waals surface area contributed by atoms with Crippen LogP contribution in [0.25, 0.3) is 5.69 Å². The molecule has 1 amide bonds. The monoisotopic (exact) mass is 447 g/mol. The van der Waals surface area contributed by atoms with Crippen LogP contribution in [0.5, 0.6) is 0 Å². The molecule has 0 radical (unpaired) electrons. The Balaban J connectivity index is 2.70. The molecule has 0 bridgehead atoms. The van der Waals surface area contributed by atoms with Crippen molar-refractivity contribution in [1.29, 1.82) is 0 Å². The minimum atomic E-state index is -5.07. The first-order valence-corrected chi connectivity index (χ1v) is 8.31. The van der Waals surface area contributed by atoms with Crippen LogP contribution < -0.4 is 5.32 Å². The van der Waals surface area contributed by atoms with Crippen molar-refractivity contribution in [3.05, 3.63) is 45.5 Å². The van der Waals surface area contributed by atoms with E-state index in [2.05, 4.69) is 10.3 Å². The van der Waals surface area contributed by atoms with Crippen LogP contribution in [0.4, 0.5) is 26.3 Å². The van der Waals surface area contributed by atoms with Crippen molar-refractivity contribution in [2.24, 2.45) is 0 Å². The van der Waals surface area contributed by atoms with Crippen LogP contribution in [0, 0.1) is 0 Å². The Hall–Kier alpha value is -1.94. The zero-order valence-electron chi connectivity index (χ0n) is 14.6. The minimum absolute atomic E-state index is 0.350. The van der Waals surface area contributed by atoms with Crippen molar-refractivity contribution in [2.75, 3.05) is 0 Å². The number of alkyl halides is 6. The highest BCUT2D eigenvalue weighted by Crippen LogP contribution is 2.41. The number of nitrogens with zero attached hydrogens (tertiary/aromatic N) is 2. The van der Waals surface area contributed by atoms with Crippen molar-refractivity contribution < 1.29 is 31.1 Å². The molecule has 1 N–H and O–H groups in total. The zero-order chi connectivity index (χ0) is 21.7. The van der Waals surface area contributed by atoms with E-state index in [0.29, 0.717) is 23.0 Å². The molecule has 0 fully saturated rings. The Labute approximate surface area is 165 Å². The van der Waals surface area contributed by atoms with Crippen LogP contribution in [0.1, 0.15) is 42.5 Å². The summed E-state index contributed by atoms with van der Waals surface area (Å²) in [5, 5.41) is 0.963. The fraction of sp³-hybridized carbons (Fsp3) is 0.375. The van der Waals surface area contributed by atoms with Crippen molar-refractivity contribution in [1.82, 2.24) is 14.9 Å². The van der Waals surface area contributed by atoms with E-state index < -0.39 is 56.5 Å². The zero-order valence-corrected chi connectivity index (χ0v) is 16.1. The average Bonchev–Trinajstić information content (AvgIpc) is 2.88. The molecule has 2 aromatic rings. The van der Waals surface area contributed by atoms with Crippen molar-refractivity contribution in [3.8, 4) is 5.69 Å². The molecular weight excluding hydrogens is 435 g/mol. The highest BCUT2D eigenvalue weighted by molar-refractivity contribution is 6.38. The summed E-state index contributed by atoms with van der Waals surface area (Å²) < 4.78 is 79.8. The smallest absolute Gasteiger partial charge is 0.346 e. The lowest BCUT2D eigenvalue weighted by molar-refractivity contribution is -0.143. The van der Waals surface area contributed by atoms with Crippen LogP contribution in [-0.4, -0.2) is 21.0 Å². The van der Waals surface area contributed by atoms with Gasteiger partial charge in [-0.3, -0.25) is 9.36 Å². The summed E-state index contributed by atoms with van der Waals surface area (Å²) in [5.41, 5.74) is -5.14. The number of benzene rings is 1. The van der Waals surface area contributed by atoms with Gasteiger partial charge in [0.05, 0.1) is 21.3 Å². The van der Waals surface area contributed by atoms with Crippen LogP contribution >= 0.6 is 23.2 Å². The van der Waals surface area contributed by atoms with Crippen molar-refractivity contribution >= 4 is 29.1 Å². The summed E-state index contributed by atoms with van der Waals surface area (Å²) >= 11 is 11.6. The molecule has 1 aromatic heterocycles. The van der Waals surface area contributed by atoms with E-state index in [1.807, 2.05) is 0 Å². The van der Waals surface area contributed by atoms with E-state index in [-0.39, 0.29) is 0 Å². The maximum absolute atomic E-state index is 13.6. The third kappa shape index (κ3) is 4.72. The van der Waals surface area contributed by atoms with Gasteiger partial charge in [0.2, 0.25) is 0 Å².